The summed E-state index contributed by atoms with van der Waals surface area (Å²) in [6, 6.07) is 19.3. The highest BCUT2D eigenvalue weighted by Gasteiger charge is 2.19. The first-order valence-electron chi connectivity index (χ1n) is 10.1. The van der Waals surface area contributed by atoms with E-state index in [1.165, 1.54) is 10.7 Å². The highest BCUT2D eigenvalue weighted by atomic mass is 35.5. The molecule has 0 radical (unpaired) electrons. The van der Waals surface area contributed by atoms with Gasteiger partial charge in [0.05, 0.1) is 17.9 Å². The first kappa shape index (κ1) is 22.1. The van der Waals surface area contributed by atoms with Crippen molar-refractivity contribution in [2.75, 3.05) is 0 Å². The molecular weight excluding hydrogens is 445 g/mol. The summed E-state index contributed by atoms with van der Waals surface area (Å²) in [6.45, 7) is 4.23. The fourth-order valence-corrected chi connectivity index (χ4v) is 3.78. The Kier molecular flexibility index (Phi) is 6.31. The number of benzene rings is 2. The lowest BCUT2D eigenvalue weighted by Crippen LogP contribution is -2.24. The van der Waals surface area contributed by atoms with Gasteiger partial charge in [0.15, 0.2) is 0 Å². The average molecular weight is 466 g/mol. The van der Waals surface area contributed by atoms with Crippen LogP contribution in [-0.2, 0) is 6.54 Å². The van der Waals surface area contributed by atoms with Gasteiger partial charge < -0.3 is 4.98 Å². The van der Waals surface area contributed by atoms with Crippen molar-refractivity contribution in [2.24, 2.45) is 0 Å². The van der Waals surface area contributed by atoms with E-state index in [4.69, 9.17) is 23.2 Å². The Labute approximate surface area is 195 Å². The van der Waals surface area contributed by atoms with Gasteiger partial charge in [-0.25, -0.2) is 4.68 Å². The van der Waals surface area contributed by atoms with Crippen LogP contribution < -0.4 is 5.56 Å². The summed E-state index contributed by atoms with van der Waals surface area (Å²) in [5.41, 5.74) is 4.27. The van der Waals surface area contributed by atoms with Crippen molar-refractivity contribution in [3.63, 3.8) is 0 Å². The molecule has 1 atom stereocenters. The van der Waals surface area contributed by atoms with Crippen molar-refractivity contribution in [2.45, 2.75) is 26.3 Å². The monoisotopic (exact) mass is 465 g/mol. The van der Waals surface area contributed by atoms with Crippen LogP contribution in [-0.4, -0.2) is 20.5 Å². The third-order valence-electron chi connectivity index (χ3n) is 5.41. The molecule has 2 heterocycles. The molecule has 2 aromatic carbocycles. The maximum Gasteiger partial charge on any atom is 0.267 e. The highest BCUT2D eigenvalue weighted by Crippen LogP contribution is 2.25. The molecule has 1 N–H and O–H groups in total. The predicted molar refractivity (Wildman–Crippen MR) is 127 cm³/mol. The van der Waals surface area contributed by atoms with Crippen LogP contribution in [0.2, 0.25) is 10.0 Å². The van der Waals surface area contributed by atoms with Gasteiger partial charge in [-0.1, -0.05) is 42.3 Å². The Morgan fingerprint density at radius 3 is 2.28 bits per heavy atom. The highest BCUT2D eigenvalue weighted by molar-refractivity contribution is 6.31. The number of nitrogens with zero attached hydrogens (tertiary/aromatic N) is 2. The van der Waals surface area contributed by atoms with Gasteiger partial charge >= 0.3 is 0 Å². The van der Waals surface area contributed by atoms with E-state index in [9.17, 15) is 9.59 Å². The molecule has 4 rings (SSSR count). The molecule has 0 amide bonds. The molecule has 0 saturated heterocycles. The molecule has 2 aromatic heterocycles. The van der Waals surface area contributed by atoms with Gasteiger partial charge in [0.2, 0.25) is 5.78 Å². The van der Waals surface area contributed by atoms with Crippen LogP contribution in [0.3, 0.4) is 0 Å². The molecule has 0 fully saturated rings. The summed E-state index contributed by atoms with van der Waals surface area (Å²) >= 11 is 11.9. The van der Waals surface area contributed by atoms with Gasteiger partial charge in [0.25, 0.3) is 5.56 Å². The number of aromatic nitrogens is 3. The second-order valence-corrected chi connectivity index (χ2v) is 8.59. The number of aromatic amines is 1. The lowest BCUT2D eigenvalue weighted by molar-refractivity contribution is 0.103. The maximum absolute atomic E-state index is 12.9. The molecular formula is C25H21Cl2N3O2. The van der Waals surface area contributed by atoms with Gasteiger partial charge in [0.1, 0.15) is 0 Å². The number of hydrogen-bond donors (Lipinski definition) is 1. The lowest BCUT2D eigenvalue weighted by atomic mass is 10.0. The maximum atomic E-state index is 12.9. The first-order chi connectivity index (χ1) is 15.3. The van der Waals surface area contributed by atoms with E-state index in [-0.39, 0.29) is 17.3 Å². The number of hydrogen-bond acceptors (Lipinski definition) is 3. The molecule has 32 heavy (non-hydrogen) atoms. The van der Waals surface area contributed by atoms with Gasteiger partial charge in [-0.2, -0.15) is 5.10 Å². The zero-order valence-electron chi connectivity index (χ0n) is 17.6. The molecule has 7 heteroatoms. The van der Waals surface area contributed by atoms with Crippen LogP contribution in [0.5, 0.6) is 0 Å². The lowest BCUT2D eigenvalue weighted by Gasteiger charge is -2.12. The molecule has 0 bridgehead atoms. The molecule has 0 aliphatic rings. The van der Waals surface area contributed by atoms with Gasteiger partial charge in [-0.15, -0.1) is 0 Å². The smallest absolute Gasteiger partial charge is 0.267 e. The fourth-order valence-electron chi connectivity index (χ4n) is 3.53. The van der Waals surface area contributed by atoms with Crippen LogP contribution in [0.15, 0.2) is 71.5 Å². The third-order valence-corrected chi connectivity index (χ3v) is 5.92. The second-order valence-electron chi connectivity index (χ2n) is 7.72. The van der Waals surface area contributed by atoms with Gasteiger partial charge in [-0.05, 0) is 66.6 Å². The minimum absolute atomic E-state index is 0.0988. The van der Waals surface area contributed by atoms with Crippen LogP contribution in [0.1, 0.15) is 51.4 Å². The Morgan fingerprint density at radius 1 is 1.00 bits per heavy atom. The molecule has 4 aromatic rings. The summed E-state index contributed by atoms with van der Waals surface area (Å²) < 4.78 is 1.44. The molecule has 5 nitrogen and oxygen atoms in total. The topological polar surface area (TPSA) is 67.8 Å². The SMILES string of the molecule is Cc1cc(C(C)c2ccc(=O)n(Cc3ccc(Cl)cc3)n2)[nH]c1C(=O)c1ccc(Cl)cc1. The number of carbonyl (C=O) groups excluding carboxylic acids is 1. The predicted octanol–water partition coefficient (Wildman–Crippen LogP) is 5.62. The van der Waals surface area contributed by atoms with Crippen LogP contribution in [0.25, 0.3) is 0 Å². The fraction of sp³-hybridized carbons (Fsp3) is 0.160. The van der Waals surface area contributed by atoms with Crippen molar-refractivity contribution in [3.8, 4) is 0 Å². The minimum Gasteiger partial charge on any atom is -0.355 e. The summed E-state index contributed by atoms with van der Waals surface area (Å²) in [7, 11) is 0. The zero-order valence-corrected chi connectivity index (χ0v) is 19.1. The third kappa shape index (κ3) is 4.69. The summed E-state index contributed by atoms with van der Waals surface area (Å²) in [5, 5.41) is 5.79. The standard InChI is InChI=1S/C25H21Cl2N3O2/c1-15-13-22(28-24(15)25(32)18-5-9-20(27)10-6-18)16(2)21-11-12-23(31)30(29-21)14-17-3-7-19(26)8-4-17/h3-13,16,28H,14H2,1-2H3. The van der Waals surface area contributed by atoms with Crippen molar-refractivity contribution in [1.82, 2.24) is 14.8 Å². The normalized spacial score (nSPS) is 12.0. The summed E-state index contributed by atoms with van der Waals surface area (Å²) in [4.78, 5) is 28.5. The number of nitrogens with one attached hydrogen (secondary N) is 1. The minimum atomic E-state index is -0.183. The van der Waals surface area contributed by atoms with E-state index in [0.29, 0.717) is 27.8 Å². The quantitative estimate of drug-likeness (QED) is 0.375. The number of ketones is 1. The van der Waals surface area contributed by atoms with Crippen molar-refractivity contribution < 1.29 is 4.79 Å². The van der Waals surface area contributed by atoms with Crippen molar-refractivity contribution in [3.05, 3.63) is 121 Å². The van der Waals surface area contributed by atoms with Crippen molar-refractivity contribution in [1.29, 1.82) is 0 Å². The first-order valence-corrected chi connectivity index (χ1v) is 10.9. The number of H-pyrrole nitrogens is 1. The van der Waals surface area contributed by atoms with Crippen molar-refractivity contribution >= 4 is 29.0 Å². The summed E-state index contributed by atoms with van der Waals surface area (Å²) in [5.74, 6) is -0.240. The van der Waals surface area contributed by atoms with Gasteiger partial charge in [-0.3, -0.25) is 9.59 Å². The number of carbonyl (C=O) groups is 1. The number of aryl methyl sites for hydroxylation is 1. The molecule has 0 aliphatic heterocycles. The number of rotatable bonds is 6. The Bertz CT molecular complexity index is 1320. The Balaban J connectivity index is 1.60. The zero-order chi connectivity index (χ0) is 22.8. The summed E-state index contributed by atoms with van der Waals surface area (Å²) in [6.07, 6.45) is 0. The molecule has 0 saturated carbocycles. The van der Waals surface area contributed by atoms with Gasteiger partial charge in [0, 0.05) is 33.3 Å². The Morgan fingerprint density at radius 2 is 1.62 bits per heavy atom. The van der Waals surface area contributed by atoms with E-state index < -0.39 is 0 Å². The average Bonchev–Trinajstić information content (AvgIpc) is 3.18. The molecule has 1 unspecified atom stereocenters. The molecule has 0 spiro atoms. The van der Waals surface area contributed by atoms with E-state index in [1.54, 1.807) is 42.5 Å². The van der Waals surface area contributed by atoms with E-state index >= 15 is 0 Å². The van der Waals surface area contributed by atoms with Crippen LogP contribution >= 0.6 is 23.2 Å². The Hall–Kier alpha value is -3.15. The largest absolute Gasteiger partial charge is 0.355 e. The molecule has 0 aliphatic carbocycles. The van der Waals surface area contributed by atoms with Crippen LogP contribution in [0.4, 0.5) is 0 Å². The number of halogens is 2. The van der Waals surface area contributed by atoms with E-state index in [2.05, 4.69) is 10.1 Å². The second kappa shape index (κ2) is 9.15. The van der Waals surface area contributed by atoms with E-state index in [0.717, 1.165) is 22.5 Å². The van der Waals surface area contributed by atoms with Crippen LogP contribution in [0, 0.1) is 6.92 Å². The molecule has 162 valence electrons. The van der Waals surface area contributed by atoms with E-state index in [1.807, 2.05) is 32.0 Å².